The second-order valence-corrected chi connectivity index (χ2v) is 9.11. The lowest BCUT2D eigenvalue weighted by Crippen LogP contribution is -2.38. The lowest BCUT2D eigenvalue weighted by Gasteiger charge is -2.13. The van der Waals surface area contributed by atoms with Crippen molar-refractivity contribution in [2.24, 2.45) is 0 Å². The second-order valence-electron chi connectivity index (χ2n) is 7.86. The van der Waals surface area contributed by atoms with Gasteiger partial charge < -0.3 is 20.1 Å². The maximum atomic E-state index is 12.8. The van der Waals surface area contributed by atoms with Gasteiger partial charge in [-0.25, -0.2) is 9.69 Å². The molecule has 0 atom stereocenters. The van der Waals surface area contributed by atoms with Crippen LogP contribution in [0, 0.1) is 0 Å². The summed E-state index contributed by atoms with van der Waals surface area (Å²) in [6.45, 7) is -0.267. The maximum Gasteiger partial charge on any atom is 0.329 e. The number of carbonyl (C=O) groups is 3. The fourth-order valence-electron chi connectivity index (χ4n) is 3.50. The van der Waals surface area contributed by atoms with Gasteiger partial charge in [0.2, 0.25) is 5.91 Å². The van der Waals surface area contributed by atoms with Gasteiger partial charge in [0, 0.05) is 5.02 Å². The molecule has 0 unspecified atom stereocenters. The van der Waals surface area contributed by atoms with Crippen molar-refractivity contribution in [3.05, 3.63) is 92.6 Å². The molecule has 2 N–H and O–H groups in total. The Hall–Kier alpha value is -3.72. The van der Waals surface area contributed by atoms with Crippen LogP contribution in [-0.2, 0) is 16.2 Å². The highest BCUT2D eigenvalue weighted by Crippen LogP contribution is 2.35. The first kappa shape index (κ1) is 26.3. The van der Waals surface area contributed by atoms with Crippen molar-refractivity contribution < 1.29 is 23.9 Å². The molecule has 0 aliphatic carbocycles. The van der Waals surface area contributed by atoms with Crippen molar-refractivity contribution >= 4 is 64.4 Å². The first-order valence-corrected chi connectivity index (χ1v) is 12.0. The SMILES string of the molecule is COc1ccccc1NC(=O)CN1C(=O)N/C(=C/c2cc(Cl)c(OCc3ccc(Cl)cc3)c(Cl)c2)C1=O. The number of para-hydroxylation sites is 2. The first-order valence-electron chi connectivity index (χ1n) is 10.9. The van der Waals surface area contributed by atoms with E-state index in [4.69, 9.17) is 44.3 Å². The number of benzene rings is 3. The van der Waals surface area contributed by atoms with E-state index in [9.17, 15) is 14.4 Å². The van der Waals surface area contributed by atoms with Crippen LogP contribution >= 0.6 is 34.8 Å². The highest BCUT2D eigenvalue weighted by Gasteiger charge is 2.35. The number of nitrogens with one attached hydrogen (secondary N) is 2. The van der Waals surface area contributed by atoms with E-state index in [0.717, 1.165) is 10.5 Å². The third-order valence-electron chi connectivity index (χ3n) is 5.27. The Morgan fingerprint density at radius 3 is 2.38 bits per heavy atom. The highest BCUT2D eigenvalue weighted by atomic mass is 35.5. The number of hydrogen-bond acceptors (Lipinski definition) is 5. The molecule has 3 aromatic rings. The summed E-state index contributed by atoms with van der Waals surface area (Å²) in [5.41, 5.74) is 1.71. The van der Waals surface area contributed by atoms with E-state index in [1.807, 2.05) is 12.1 Å². The zero-order valence-corrected chi connectivity index (χ0v) is 21.7. The van der Waals surface area contributed by atoms with Crippen LogP contribution in [0.2, 0.25) is 15.1 Å². The van der Waals surface area contributed by atoms with Gasteiger partial charge in [-0.1, -0.05) is 59.1 Å². The lowest BCUT2D eigenvalue weighted by atomic mass is 10.1. The van der Waals surface area contributed by atoms with Crippen LogP contribution in [0.5, 0.6) is 11.5 Å². The van der Waals surface area contributed by atoms with Crippen molar-refractivity contribution in [1.82, 2.24) is 10.2 Å². The summed E-state index contributed by atoms with van der Waals surface area (Å²) in [6, 6.07) is 16.3. The molecule has 0 bridgehead atoms. The van der Waals surface area contributed by atoms with Gasteiger partial charge in [-0.2, -0.15) is 0 Å². The van der Waals surface area contributed by atoms with Crippen LogP contribution in [-0.4, -0.2) is 36.4 Å². The number of methoxy groups -OCH3 is 1. The van der Waals surface area contributed by atoms with Crippen molar-refractivity contribution in [2.75, 3.05) is 19.0 Å². The first-order chi connectivity index (χ1) is 17.7. The van der Waals surface area contributed by atoms with Crippen LogP contribution in [0.4, 0.5) is 10.5 Å². The summed E-state index contributed by atoms with van der Waals surface area (Å²) >= 11 is 18.6. The second kappa shape index (κ2) is 11.6. The molecule has 3 aromatic carbocycles. The molecule has 1 saturated heterocycles. The van der Waals surface area contributed by atoms with Crippen molar-refractivity contribution in [2.45, 2.75) is 6.61 Å². The van der Waals surface area contributed by atoms with Crippen molar-refractivity contribution in [3.63, 3.8) is 0 Å². The third-order valence-corrected chi connectivity index (χ3v) is 6.09. The molecule has 1 aliphatic rings. The van der Waals surface area contributed by atoms with E-state index in [-0.39, 0.29) is 28.1 Å². The topological polar surface area (TPSA) is 97.0 Å². The minimum absolute atomic E-state index is 0.0305. The van der Waals surface area contributed by atoms with Crippen LogP contribution in [0.1, 0.15) is 11.1 Å². The summed E-state index contributed by atoms with van der Waals surface area (Å²) < 4.78 is 10.9. The number of hydrogen-bond donors (Lipinski definition) is 2. The molecule has 8 nitrogen and oxygen atoms in total. The molecule has 0 radical (unpaired) electrons. The van der Waals surface area contributed by atoms with Gasteiger partial charge in [-0.05, 0) is 53.6 Å². The molecule has 4 amide bonds. The third kappa shape index (κ3) is 6.35. The van der Waals surface area contributed by atoms with Gasteiger partial charge in [-0.3, -0.25) is 9.59 Å². The van der Waals surface area contributed by atoms with E-state index >= 15 is 0 Å². The normalized spacial score (nSPS) is 14.1. The van der Waals surface area contributed by atoms with Crippen molar-refractivity contribution in [3.8, 4) is 11.5 Å². The Kier molecular flexibility index (Phi) is 8.23. The van der Waals surface area contributed by atoms with Crippen molar-refractivity contribution in [1.29, 1.82) is 0 Å². The number of halogens is 3. The number of anilines is 1. The monoisotopic (exact) mass is 559 g/mol. The average molecular weight is 561 g/mol. The number of carbonyl (C=O) groups excluding carboxylic acids is 3. The summed E-state index contributed by atoms with van der Waals surface area (Å²) in [6.07, 6.45) is 1.42. The van der Waals surface area contributed by atoms with E-state index in [1.54, 1.807) is 48.5 Å². The zero-order chi connectivity index (χ0) is 26.5. The van der Waals surface area contributed by atoms with E-state index in [1.165, 1.54) is 13.2 Å². The van der Waals surface area contributed by atoms with Crippen LogP contribution < -0.4 is 20.1 Å². The summed E-state index contributed by atoms with van der Waals surface area (Å²) in [5, 5.41) is 6.15. The van der Waals surface area contributed by atoms with Crippen LogP contribution in [0.15, 0.2) is 66.4 Å². The predicted octanol–water partition coefficient (Wildman–Crippen LogP) is 5.77. The zero-order valence-electron chi connectivity index (χ0n) is 19.4. The Morgan fingerprint density at radius 1 is 1.03 bits per heavy atom. The number of rotatable bonds is 8. The fraction of sp³-hybridized carbons (Fsp3) is 0.115. The molecule has 37 heavy (non-hydrogen) atoms. The van der Waals surface area contributed by atoms with E-state index < -0.39 is 24.4 Å². The van der Waals surface area contributed by atoms with Gasteiger partial charge in [0.15, 0.2) is 5.75 Å². The average Bonchev–Trinajstić information content (AvgIpc) is 3.12. The van der Waals surface area contributed by atoms with Gasteiger partial charge in [0.05, 0.1) is 22.8 Å². The molecule has 0 spiro atoms. The van der Waals surface area contributed by atoms with Crippen LogP contribution in [0.25, 0.3) is 6.08 Å². The number of ether oxygens (including phenoxy) is 2. The fourth-order valence-corrected chi connectivity index (χ4v) is 4.24. The molecular formula is C26H20Cl3N3O5. The Balaban J connectivity index is 1.44. The largest absolute Gasteiger partial charge is 0.495 e. The number of imide groups is 1. The minimum atomic E-state index is -0.730. The summed E-state index contributed by atoms with van der Waals surface area (Å²) in [7, 11) is 1.47. The molecule has 190 valence electrons. The van der Waals surface area contributed by atoms with Gasteiger partial charge in [0.25, 0.3) is 5.91 Å². The molecule has 1 heterocycles. The Labute approximate surface area is 227 Å². The van der Waals surface area contributed by atoms with Gasteiger partial charge in [-0.15, -0.1) is 0 Å². The molecule has 1 aliphatic heterocycles. The summed E-state index contributed by atoms with van der Waals surface area (Å²) in [4.78, 5) is 38.5. The number of amides is 4. The molecule has 1 fully saturated rings. The quantitative estimate of drug-likeness (QED) is 0.269. The van der Waals surface area contributed by atoms with E-state index in [0.29, 0.717) is 22.0 Å². The van der Waals surface area contributed by atoms with Gasteiger partial charge in [0.1, 0.15) is 24.6 Å². The molecular weight excluding hydrogens is 541 g/mol. The molecule has 0 saturated carbocycles. The summed E-state index contributed by atoms with van der Waals surface area (Å²) in [5.74, 6) is -0.516. The highest BCUT2D eigenvalue weighted by molar-refractivity contribution is 6.37. The standard InChI is InChI=1S/C26H20Cl3N3O5/c1-36-22-5-3-2-4-20(22)30-23(33)13-32-25(34)21(31-26(32)35)12-16-10-18(28)24(19(29)11-16)37-14-15-6-8-17(27)9-7-15/h2-12H,13-14H2,1H3,(H,30,33)(H,31,35)/b21-12+. The van der Waals surface area contributed by atoms with Gasteiger partial charge >= 0.3 is 6.03 Å². The maximum absolute atomic E-state index is 12.8. The van der Waals surface area contributed by atoms with Crippen LogP contribution in [0.3, 0.4) is 0 Å². The lowest BCUT2D eigenvalue weighted by molar-refractivity contribution is -0.127. The Morgan fingerprint density at radius 2 is 1.70 bits per heavy atom. The smallest absolute Gasteiger partial charge is 0.329 e. The molecule has 0 aromatic heterocycles. The number of urea groups is 1. The Bertz CT molecular complexity index is 1370. The molecule has 4 rings (SSSR count). The predicted molar refractivity (Wildman–Crippen MR) is 142 cm³/mol. The number of nitrogens with zero attached hydrogens (tertiary/aromatic N) is 1. The van der Waals surface area contributed by atoms with E-state index in [2.05, 4.69) is 10.6 Å². The minimum Gasteiger partial charge on any atom is -0.495 e. The molecule has 11 heteroatoms.